The van der Waals surface area contributed by atoms with Crippen molar-refractivity contribution in [3.63, 3.8) is 0 Å². The lowest BCUT2D eigenvalue weighted by Gasteiger charge is -2.47. The van der Waals surface area contributed by atoms with Crippen molar-refractivity contribution in [2.24, 2.45) is 22.1 Å². The Bertz CT molecular complexity index is 1210. The summed E-state index contributed by atoms with van der Waals surface area (Å²) in [5.74, 6) is 7.66. The van der Waals surface area contributed by atoms with Gasteiger partial charge in [0.2, 0.25) is 0 Å². The average Bonchev–Trinajstić information content (AvgIpc) is 3.56. The molecule has 1 unspecified atom stereocenters. The van der Waals surface area contributed by atoms with Gasteiger partial charge in [-0.1, -0.05) is 30.0 Å². The Hall–Kier alpha value is -2.71. The summed E-state index contributed by atoms with van der Waals surface area (Å²) in [6, 6.07) is 11.3. The number of amidine groups is 1. The Morgan fingerprint density at radius 3 is 2.55 bits per heavy atom. The van der Waals surface area contributed by atoms with E-state index in [9.17, 15) is 8.78 Å². The smallest absolute Gasteiger partial charge is 0.263 e. The predicted octanol–water partition coefficient (Wildman–Crippen LogP) is 5.48. The molecule has 2 fully saturated rings. The van der Waals surface area contributed by atoms with Gasteiger partial charge in [0.15, 0.2) is 0 Å². The summed E-state index contributed by atoms with van der Waals surface area (Å²) in [7, 11) is 1.77. The van der Waals surface area contributed by atoms with Gasteiger partial charge in [-0.3, -0.25) is 4.99 Å². The van der Waals surface area contributed by atoms with Crippen LogP contribution in [0.25, 0.3) is 0 Å². The fourth-order valence-electron chi connectivity index (χ4n) is 6.39. The highest BCUT2D eigenvalue weighted by molar-refractivity contribution is 6.03. The molecule has 0 amide bonds. The van der Waals surface area contributed by atoms with E-state index in [-0.39, 0.29) is 17.1 Å². The molecule has 2 spiro atoms. The van der Waals surface area contributed by atoms with Crippen molar-refractivity contribution in [2.45, 2.75) is 63.0 Å². The van der Waals surface area contributed by atoms with E-state index in [2.05, 4.69) is 30.0 Å². The minimum absolute atomic E-state index is 0.0249. The highest BCUT2D eigenvalue weighted by Gasteiger charge is 2.62. The van der Waals surface area contributed by atoms with E-state index in [4.69, 9.17) is 15.5 Å². The minimum atomic E-state index is -2.54. The first-order valence-electron chi connectivity index (χ1n) is 11.9. The molecule has 5 heteroatoms. The van der Waals surface area contributed by atoms with Gasteiger partial charge in [0.25, 0.3) is 6.43 Å². The molecular formula is C28H28F2N2O. The molecule has 0 saturated heterocycles. The summed E-state index contributed by atoms with van der Waals surface area (Å²) in [6.45, 7) is 0. The zero-order valence-electron chi connectivity index (χ0n) is 18.8. The van der Waals surface area contributed by atoms with Gasteiger partial charge in [-0.15, -0.1) is 0 Å². The topological polar surface area (TPSA) is 47.6 Å². The molecule has 0 bridgehead atoms. The molecule has 6 rings (SSSR count). The standard InChI is InChI=1S/C28H28F2N2O/c1-33-21-10-12-27(13-11-21)16-20-7-6-18(5-4-17-2-3-17)14-23(20)28(27)24-15-19(25(29)30)8-9-22(24)26(31)32-28/h6-9,14-15,17,21,25H,2-3,10-13,16H2,1H3,(H2,31,32). The molecule has 2 saturated carbocycles. The maximum Gasteiger partial charge on any atom is 0.263 e. The molecule has 2 aromatic rings. The number of hydrogen-bond donors (Lipinski definition) is 1. The van der Waals surface area contributed by atoms with Crippen LogP contribution >= 0.6 is 0 Å². The molecule has 170 valence electrons. The summed E-state index contributed by atoms with van der Waals surface area (Å²) >= 11 is 0. The number of nitrogens with zero attached hydrogens (tertiary/aromatic N) is 1. The second-order valence-electron chi connectivity index (χ2n) is 10.1. The Morgan fingerprint density at radius 1 is 1.06 bits per heavy atom. The number of methoxy groups -OCH3 is 1. The molecule has 3 aliphatic carbocycles. The van der Waals surface area contributed by atoms with Gasteiger partial charge in [0.05, 0.1) is 6.10 Å². The van der Waals surface area contributed by atoms with E-state index in [0.29, 0.717) is 11.8 Å². The fourth-order valence-corrected chi connectivity index (χ4v) is 6.39. The molecule has 3 nitrogen and oxygen atoms in total. The van der Waals surface area contributed by atoms with Crippen molar-refractivity contribution in [3.05, 3.63) is 69.8 Å². The predicted molar refractivity (Wildman–Crippen MR) is 124 cm³/mol. The van der Waals surface area contributed by atoms with E-state index in [1.807, 2.05) is 0 Å². The fraction of sp³-hybridized carbons (Fsp3) is 0.464. The molecule has 2 N–H and O–H groups in total. The summed E-state index contributed by atoms with van der Waals surface area (Å²) in [5.41, 5.74) is 10.5. The van der Waals surface area contributed by atoms with Crippen molar-refractivity contribution in [3.8, 4) is 11.8 Å². The van der Waals surface area contributed by atoms with Crippen LogP contribution in [0.15, 0.2) is 41.4 Å². The van der Waals surface area contributed by atoms with Crippen LogP contribution in [0.5, 0.6) is 0 Å². The second-order valence-corrected chi connectivity index (χ2v) is 10.1. The monoisotopic (exact) mass is 446 g/mol. The lowest BCUT2D eigenvalue weighted by atomic mass is 9.59. The zero-order valence-corrected chi connectivity index (χ0v) is 18.8. The van der Waals surface area contributed by atoms with Crippen LogP contribution < -0.4 is 5.73 Å². The maximum absolute atomic E-state index is 13.8. The van der Waals surface area contributed by atoms with Gasteiger partial charge >= 0.3 is 0 Å². The summed E-state index contributed by atoms with van der Waals surface area (Å²) in [4.78, 5) is 5.17. The molecular weight excluding hydrogens is 418 g/mol. The highest BCUT2D eigenvalue weighted by atomic mass is 19.3. The first kappa shape index (κ1) is 20.9. The van der Waals surface area contributed by atoms with Crippen molar-refractivity contribution in [2.75, 3.05) is 7.11 Å². The molecule has 1 aliphatic heterocycles. The molecule has 4 aliphatic rings. The Balaban J connectivity index is 1.56. The quantitative estimate of drug-likeness (QED) is 0.621. The summed E-state index contributed by atoms with van der Waals surface area (Å²) in [6.07, 6.45) is 4.60. The van der Waals surface area contributed by atoms with Gasteiger partial charge in [-0.25, -0.2) is 8.78 Å². The molecule has 1 heterocycles. The minimum Gasteiger partial charge on any atom is -0.383 e. The van der Waals surface area contributed by atoms with E-state index >= 15 is 0 Å². The van der Waals surface area contributed by atoms with Gasteiger partial charge in [0, 0.05) is 35.1 Å². The number of hydrogen-bond acceptors (Lipinski definition) is 3. The third-order valence-electron chi connectivity index (χ3n) is 8.27. The molecule has 2 aromatic carbocycles. The van der Waals surface area contributed by atoms with E-state index < -0.39 is 12.0 Å². The maximum atomic E-state index is 13.8. The average molecular weight is 447 g/mol. The number of alkyl halides is 2. The van der Waals surface area contributed by atoms with Crippen LogP contribution in [0, 0.1) is 23.2 Å². The largest absolute Gasteiger partial charge is 0.383 e. The van der Waals surface area contributed by atoms with E-state index in [1.165, 1.54) is 24.5 Å². The van der Waals surface area contributed by atoms with Gasteiger partial charge in [0.1, 0.15) is 11.4 Å². The number of halogens is 2. The number of benzene rings is 2. The van der Waals surface area contributed by atoms with E-state index in [0.717, 1.165) is 54.4 Å². The number of ether oxygens (including phenoxy) is 1. The second kappa shape index (κ2) is 7.40. The molecule has 33 heavy (non-hydrogen) atoms. The lowest BCUT2D eigenvalue weighted by molar-refractivity contribution is 0.00679. The summed E-state index contributed by atoms with van der Waals surface area (Å²) in [5, 5.41) is 0. The first-order valence-corrected chi connectivity index (χ1v) is 11.9. The zero-order chi connectivity index (χ0) is 22.8. The van der Waals surface area contributed by atoms with Crippen LogP contribution in [-0.4, -0.2) is 19.0 Å². The number of rotatable bonds is 2. The van der Waals surface area contributed by atoms with Gasteiger partial charge in [-0.2, -0.15) is 0 Å². The third-order valence-corrected chi connectivity index (χ3v) is 8.27. The van der Waals surface area contributed by atoms with Gasteiger partial charge in [-0.05, 0) is 79.8 Å². The van der Waals surface area contributed by atoms with Crippen LogP contribution in [0.3, 0.4) is 0 Å². The molecule has 0 aromatic heterocycles. The van der Waals surface area contributed by atoms with Crippen LogP contribution in [-0.2, 0) is 16.7 Å². The van der Waals surface area contributed by atoms with Crippen molar-refractivity contribution < 1.29 is 13.5 Å². The van der Waals surface area contributed by atoms with Crippen LogP contribution in [0.2, 0.25) is 0 Å². The molecule has 0 radical (unpaired) electrons. The Labute approximate surface area is 193 Å². The SMILES string of the molecule is COC1CCC2(CC1)Cc1ccc(C#CC3CC3)cc1C21N=C(N)c2ccc(C(F)F)cc21. The highest BCUT2D eigenvalue weighted by Crippen LogP contribution is 2.64. The van der Waals surface area contributed by atoms with E-state index in [1.54, 1.807) is 19.2 Å². The summed E-state index contributed by atoms with van der Waals surface area (Å²) < 4.78 is 33.2. The number of nitrogens with two attached hydrogens (primary N) is 1. The third kappa shape index (κ3) is 3.07. The number of fused-ring (bicyclic) bond motifs is 5. The Morgan fingerprint density at radius 2 is 1.85 bits per heavy atom. The van der Waals surface area contributed by atoms with Crippen LogP contribution in [0.4, 0.5) is 8.78 Å². The number of aliphatic imine (C=N–C) groups is 1. The van der Waals surface area contributed by atoms with Crippen molar-refractivity contribution in [1.29, 1.82) is 0 Å². The van der Waals surface area contributed by atoms with Crippen molar-refractivity contribution >= 4 is 5.84 Å². The Kier molecular flexibility index (Phi) is 4.68. The normalized spacial score (nSPS) is 29.7. The van der Waals surface area contributed by atoms with Crippen LogP contribution in [0.1, 0.15) is 78.3 Å². The lowest BCUT2D eigenvalue weighted by Crippen LogP contribution is -2.45. The first-order chi connectivity index (χ1) is 16.0. The van der Waals surface area contributed by atoms with Gasteiger partial charge < -0.3 is 10.5 Å². The molecule has 1 atom stereocenters. The van der Waals surface area contributed by atoms with Crippen molar-refractivity contribution in [1.82, 2.24) is 0 Å².